The number of hydrogen-bond donors (Lipinski definition) is 1. The van der Waals surface area contributed by atoms with Gasteiger partial charge >= 0.3 is 0 Å². The molecule has 0 saturated heterocycles. The minimum Gasteiger partial charge on any atom is -0.489 e. The van der Waals surface area contributed by atoms with Crippen LogP contribution in [0.5, 0.6) is 17.2 Å². The Balaban J connectivity index is 1.70. The summed E-state index contributed by atoms with van der Waals surface area (Å²) in [7, 11) is 0. The Morgan fingerprint density at radius 1 is 0.833 bits per heavy atom. The first-order chi connectivity index (χ1) is 11.7. The van der Waals surface area contributed by atoms with Crippen LogP contribution in [-0.4, -0.2) is 0 Å². The largest absolute Gasteiger partial charge is 0.489 e. The van der Waals surface area contributed by atoms with Crippen LogP contribution in [0, 0.1) is 11.3 Å². The smallest absolute Gasteiger partial charge is 0.131 e. The van der Waals surface area contributed by atoms with E-state index in [2.05, 4.69) is 0 Å². The molecule has 0 fully saturated rings. The third-order valence-corrected chi connectivity index (χ3v) is 3.43. The summed E-state index contributed by atoms with van der Waals surface area (Å²) in [6, 6.07) is 24.4. The van der Waals surface area contributed by atoms with E-state index >= 15 is 0 Å². The zero-order valence-corrected chi connectivity index (χ0v) is 13.0. The third-order valence-electron chi connectivity index (χ3n) is 3.43. The molecular formula is C20H16N2O2. The lowest BCUT2D eigenvalue weighted by Crippen LogP contribution is -1.95. The molecule has 3 aromatic carbocycles. The summed E-state index contributed by atoms with van der Waals surface area (Å²) < 4.78 is 11.6. The molecule has 0 bridgehead atoms. The van der Waals surface area contributed by atoms with Gasteiger partial charge in [-0.15, -0.1) is 0 Å². The molecule has 0 aromatic heterocycles. The summed E-state index contributed by atoms with van der Waals surface area (Å²) in [6.07, 6.45) is 0. The number of ether oxygens (including phenoxy) is 2. The summed E-state index contributed by atoms with van der Waals surface area (Å²) >= 11 is 0. The van der Waals surface area contributed by atoms with Crippen LogP contribution in [-0.2, 0) is 6.61 Å². The van der Waals surface area contributed by atoms with Gasteiger partial charge in [0.05, 0.1) is 5.56 Å². The van der Waals surface area contributed by atoms with Gasteiger partial charge in [0.25, 0.3) is 0 Å². The molecule has 3 rings (SSSR count). The lowest BCUT2D eigenvalue weighted by Gasteiger charge is -2.10. The van der Waals surface area contributed by atoms with E-state index in [1.54, 1.807) is 18.2 Å². The minimum absolute atomic E-state index is 0.393. The summed E-state index contributed by atoms with van der Waals surface area (Å²) in [6.45, 7) is 0.491. The quantitative estimate of drug-likeness (QED) is 0.703. The molecular weight excluding hydrogens is 300 g/mol. The van der Waals surface area contributed by atoms with E-state index in [4.69, 9.17) is 20.5 Å². The molecule has 0 aliphatic heterocycles. The number of rotatable bonds is 5. The standard InChI is InChI=1S/C20H16N2O2/c21-13-16-11-19(9-10-20(16)22)24-18-8-4-7-17(12-18)23-14-15-5-2-1-3-6-15/h1-12H,14,22H2. The SMILES string of the molecule is N#Cc1cc(Oc2cccc(OCc3ccccc3)c2)ccc1N. The number of hydrogen-bond acceptors (Lipinski definition) is 4. The van der Waals surface area contributed by atoms with Crippen LogP contribution in [0.3, 0.4) is 0 Å². The molecule has 0 radical (unpaired) electrons. The van der Waals surface area contributed by atoms with Gasteiger partial charge in [-0.2, -0.15) is 5.26 Å². The average Bonchev–Trinajstić information content (AvgIpc) is 2.63. The van der Waals surface area contributed by atoms with E-state index in [1.165, 1.54) is 0 Å². The first kappa shape index (κ1) is 15.4. The number of nitriles is 1. The van der Waals surface area contributed by atoms with Gasteiger partial charge in [-0.1, -0.05) is 36.4 Å². The maximum atomic E-state index is 9.03. The van der Waals surface area contributed by atoms with Crippen molar-refractivity contribution in [2.45, 2.75) is 6.61 Å². The highest BCUT2D eigenvalue weighted by atomic mass is 16.5. The topological polar surface area (TPSA) is 68.3 Å². The van der Waals surface area contributed by atoms with E-state index in [-0.39, 0.29) is 0 Å². The minimum atomic E-state index is 0.393. The number of anilines is 1. The van der Waals surface area contributed by atoms with E-state index in [0.29, 0.717) is 35.1 Å². The molecule has 4 nitrogen and oxygen atoms in total. The van der Waals surface area contributed by atoms with Gasteiger partial charge in [0, 0.05) is 17.8 Å². The molecule has 0 aliphatic carbocycles. The fraction of sp³-hybridized carbons (Fsp3) is 0.0500. The Kier molecular flexibility index (Phi) is 4.64. The molecule has 0 spiro atoms. The number of nitrogens with two attached hydrogens (primary N) is 1. The second-order valence-corrected chi connectivity index (χ2v) is 5.21. The molecule has 2 N–H and O–H groups in total. The van der Waals surface area contributed by atoms with Crippen LogP contribution < -0.4 is 15.2 Å². The fourth-order valence-corrected chi connectivity index (χ4v) is 2.20. The van der Waals surface area contributed by atoms with Crippen LogP contribution in [0.2, 0.25) is 0 Å². The number of nitrogens with zero attached hydrogens (tertiary/aromatic N) is 1. The molecule has 0 atom stereocenters. The second kappa shape index (κ2) is 7.21. The molecule has 4 heteroatoms. The van der Waals surface area contributed by atoms with Crippen molar-refractivity contribution in [3.63, 3.8) is 0 Å². The summed E-state index contributed by atoms with van der Waals surface area (Å²) in [4.78, 5) is 0. The lowest BCUT2D eigenvalue weighted by atomic mass is 10.2. The highest BCUT2D eigenvalue weighted by Crippen LogP contribution is 2.27. The Morgan fingerprint density at radius 3 is 2.38 bits per heavy atom. The Hall–Kier alpha value is -3.45. The Labute approximate surface area is 140 Å². The zero-order chi connectivity index (χ0) is 16.8. The maximum Gasteiger partial charge on any atom is 0.131 e. The highest BCUT2D eigenvalue weighted by molar-refractivity contribution is 5.57. The van der Waals surface area contributed by atoms with Gasteiger partial charge in [0.15, 0.2) is 0 Å². The predicted molar refractivity (Wildman–Crippen MR) is 92.9 cm³/mol. The number of nitrogen functional groups attached to an aromatic ring is 1. The van der Waals surface area contributed by atoms with Crippen molar-refractivity contribution in [3.05, 3.63) is 83.9 Å². The van der Waals surface area contributed by atoms with Crippen molar-refractivity contribution in [2.75, 3.05) is 5.73 Å². The normalized spacial score (nSPS) is 9.96. The van der Waals surface area contributed by atoms with Crippen LogP contribution in [0.25, 0.3) is 0 Å². The van der Waals surface area contributed by atoms with Gasteiger partial charge in [0.1, 0.15) is 29.9 Å². The summed E-state index contributed by atoms with van der Waals surface area (Å²) in [5.74, 6) is 1.91. The molecule has 0 aliphatic rings. The molecule has 0 unspecified atom stereocenters. The summed E-state index contributed by atoms with van der Waals surface area (Å²) in [5, 5.41) is 9.03. The van der Waals surface area contributed by atoms with Crippen molar-refractivity contribution < 1.29 is 9.47 Å². The maximum absolute atomic E-state index is 9.03. The van der Waals surface area contributed by atoms with Crippen LogP contribution in [0.15, 0.2) is 72.8 Å². The number of benzene rings is 3. The Bertz CT molecular complexity index is 870. The van der Waals surface area contributed by atoms with Gasteiger partial charge in [-0.05, 0) is 29.8 Å². The summed E-state index contributed by atoms with van der Waals surface area (Å²) in [5.41, 5.74) is 7.64. The molecule has 24 heavy (non-hydrogen) atoms. The first-order valence-corrected chi connectivity index (χ1v) is 7.49. The van der Waals surface area contributed by atoms with E-state index < -0.39 is 0 Å². The van der Waals surface area contributed by atoms with Gasteiger partial charge in [-0.25, -0.2) is 0 Å². The fourth-order valence-electron chi connectivity index (χ4n) is 2.20. The molecule has 3 aromatic rings. The van der Waals surface area contributed by atoms with Gasteiger partial charge in [0.2, 0.25) is 0 Å². The van der Waals surface area contributed by atoms with Crippen molar-refractivity contribution in [1.82, 2.24) is 0 Å². The molecule has 0 saturated carbocycles. The second-order valence-electron chi connectivity index (χ2n) is 5.21. The molecule has 0 heterocycles. The molecule has 118 valence electrons. The van der Waals surface area contributed by atoms with Gasteiger partial charge in [-0.3, -0.25) is 0 Å². The Morgan fingerprint density at radius 2 is 1.58 bits per heavy atom. The van der Waals surface area contributed by atoms with Crippen LogP contribution in [0.4, 0.5) is 5.69 Å². The van der Waals surface area contributed by atoms with Crippen LogP contribution in [0.1, 0.15) is 11.1 Å². The monoisotopic (exact) mass is 316 g/mol. The van der Waals surface area contributed by atoms with Crippen molar-refractivity contribution in [2.24, 2.45) is 0 Å². The van der Waals surface area contributed by atoms with E-state index in [1.807, 2.05) is 60.7 Å². The van der Waals surface area contributed by atoms with Gasteiger partial charge < -0.3 is 15.2 Å². The van der Waals surface area contributed by atoms with Crippen molar-refractivity contribution in [1.29, 1.82) is 5.26 Å². The zero-order valence-electron chi connectivity index (χ0n) is 13.0. The van der Waals surface area contributed by atoms with Crippen molar-refractivity contribution in [3.8, 4) is 23.3 Å². The lowest BCUT2D eigenvalue weighted by molar-refractivity contribution is 0.304. The van der Waals surface area contributed by atoms with Crippen molar-refractivity contribution >= 4 is 5.69 Å². The van der Waals surface area contributed by atoms with E-state index in [0.717, 1.165) is 5.56 Å². The van der Waals surface area contributed by atoms with E-state index in [9.17, 15) is 0 Å². The third kappa shape index (κ3) is 3.84. The molecule has 0 amide bonds. The highest BCUT2D eigenvalue weighted by Gasteiger charge is 2.04. The average molecular weight is 316 g/mol. The van der Waals surface area contributed by atoms with Crippen LogP contribution >= 0.6 is 0 Å². The first-order valence-electron chi connectivity index (χ1n) is 7.49. The predicted octanol–water partition coefficient (Wildman–Crippen LogP) is 4.51.